The molecule has 0 fully saturated rings. The Kier molecular flexibility index (Phi) is 11.6. The van der Waals surface area contributed by atoms with Gasteiger partial charge < -0.3 is 20.7 Å². The molecule has 3 amide bonds. The van der Waals surface area contributed by atoms with Crippen molar-refractivity contribution in [1.29, 1.82) is 5.26 Å². The number of hydrogen-bond donors (Lipinski definition) is 3. The highest BCUT2D eigenvalue weighted by atomic mass is 32.2. The smallest absolute Gasteiger partial charge is 0.272 e. The maximum atomic E-state index is 13.6. The van der Waals surface area contributed by atoms with Crippen LogP contribution in [0.15, 0.2) is 120 Å². The third kappa shape index (κ3) is 9.12. The second-order valence-electron chi connectivity index (χ2n) is 11.7. The van der Waals surface area contributed by atoms with E-state index in [9.17, 15) is 19.6 Å². The highest BCUT2D eigenvalue weighted by molar-refractivity contribution is 8.00. The predicted octanol–water partition coefficient (Wildman–Crippen LogP) is 7.33. The minimum Gasteiger partial charge on any atom is -0.496 e. The Morgan fingerprint density at radius 2 is 1.69 bits per heavy atom. The van der Waals surface area contributed by atoms with Gasteiger partial charge >= 0.3 is 0 Å². The average Bonchev–Trinajstić information content (AvgIpc) is 3.50. The Hall–Kier alpha value is -5.67. The molecule has 9 nitrogen and oxygen atoms in total. The van der Waals surface area contributed by atoms with Crippen LogP contribution in [-0.2, 0) is 29.1 Å². The summed E-state index contributed by atoms with van der Waals surface area (Å²) in [4.78, 5) is 44.0. The number of methoxy groups -OCH3 is 1. The number of anilines is 2. The fraction of sp³-hybridized carbons (Fsp3) is 0.150. The number of fused-ring (bicyclic) bond motifs is 1. The van der Waals surface area contributed by atoms with Gasteiger partial charge in [-0.15, -0.1) is 23.1 Å². The molecular weight excluding hydrogens is 679 g/mol. The van der Waals surface area contributed by atoms with Crippen LogP contribution in [0.5, 0.6) is 5.75 Å². The lowest BCUT2D eigenvalue weighted by molar-refractivity contribution is -0.114. The van der Waals surface area contributed by atoms with Crippen LogP contribution in [0.1, 0.15) is 37.5 Å². The highest BCUT2D eigenvalue weighted by Crippen LogP contribution is 2.37. The molecule has 256 valence electrons. The first-order valence-corrected chi connectivity index (χ1v) is 18.1. The van der Waals surface area contributed by atoms with Gasteiger partial charge in [-0.2, -0.15) is 5.26 Å². The van der Waals surface area contributed by atoms with Crippen molar-refractivity contribution >= 4 is 57.6 Å². The molecule has 3 N–H and O–H groups in total. The Labute approximate surface area is 305 Å². The lowest BCUT2D eigenvalue weighted by Gasteiger charge is -2.26. The molecule has 11 heteroatoms. The van der Waals surface area contributed by atoms with Crippen LogP contribution in [0.2, 0.25) is 0 Å². The van der Waals surface area contributed by atoms with Crippen LogP contribution in [0.25, 0.3) is 6.08 Å². The molecule has 5 aromatic rings. The van der Waals surface area contributed by atoms with Crippen molar-refractivity contribution in [1.82, 2.24) is 10.2 Å². The summed E-state index contributed by atoms with van der Waals surface area (Å²) in [6.45, 7) is 2.42. The quantitative estimate of drug-likeness (QED) is 0.0914. The van der Waals surface area contributed by atoms with Crippen LogP contribution >= 0.6 is 23.1 Å². The van der Waals surface area contributed by atoms with Gasteiger partial charge in [0.2, 0.25) is 5.91 Å². The summed E-state index contributed by atoms with van der Waals surface area (Å²) in [7, 11) is 1.54. The first-order valence-electron chi connectivity index (χ1n) is 16.3. The molecule has 0 aliphatic carbocycles. The molecule has 0 spiro atoms. The second kappa shape index (κ2) is 16.8. The van der Waals surface area contributed by atoms with E-state index in [2.05, 4.69) is 39.1 Å². The van der Waals surface area contributed by atoms with Crippen LogP contribution in [0.4, 0.5) is 10.7 Å². The topological polar surface area (TPSA) is 124 Å². The SMILES string of the molecule is COc1ccccc1/C=C(/NC(=O)c1ccccc1)C(=O)Nc1cccc(SCC(=O)Nc2sc3c(c2C#N)CCN(Cc2ccccc2)C3)c1. The summed E-state index contributed by atoms with van der Waals surface area (Å²) in [6.07, 6.45) is 2.33. The maximum Gasteiger partial charge on any atom is 0.272 e. The van der Waals surface area contributed by atoms with Gasteiger partial charge in [0.05, 0.1) is 18.4 Å². The molecule has 0 unspecified atom stereocenters. The van der Waals surface area contributed by atoms with Gasteiger partial charge in [-0.1, -0.05) is 72.8 Å². The highest BCUT2D eigenvalue weighted by Gasteiger charge is 2.25. The first-order chi connectivity index (χ1) is 24.9. The van der Waals surface area contributed by atoms with Gasteiger partial charge in [0.15, 0.2) is 0 Å². The average molecular weight is 714 g/mol. The fourth-order valence-corrected chi connectivity index (χ4v) is 7.71. The molecule has 6 rings (SSSR count). The van der Waals surface area contributed by atoms with E-state index in [1.807, 2.05) is 42.5 Å². The number of thioether (sulfide) groups is 1. The fourth-order valence-electron chi connectivity index (χ4n) is 5.70. The van der Waals surface area contributed by atoms with Crippen molar-refractivity contribution < 1.29 is 19.1 Å². The van der Waals surface area contributed by atoms with E-state index >= 15 is 0 Å². The summed E-state index contributed by atoms with van der Waals surface area (Å²) >= 11 is 2.78. The minimum atomic E-state index is -0.530. The number of amides is 3. The lowest BCUT2D eigenvalue weighted by atomic mass is 10.0. The molecule has 1 aliphatic rings. The molecule has 0 radical (unpaired) electrons. The van der Waals surface area contributed by atoms with E-state index in [4.69, 9.17) is 4.74 Å². The van der Waals surface area contributed by atoms with Gasteiger partial charge in [0, 0.05) is 46.2 Å². The zero-order valence-corrected chi connectivity index (χ0v) is 29.5. The number of hydrogen-bond acceptors (Lipinski definition) is 8. The molecule has 0 saturated carbocycles. The van der Waals surface area contributed by atoms with Gasteiger partial charge in [-0.25, -0.2) is 0 Å². The number of carbonyl (C=O) groups is 3. The van der Waals surface area contributed by atoms with E-state index < -0.39 is 11.8 Å². The zero-order valence-electron chi connectivity index (χ0n) is 27.8. The third-order valence-corrected chi connectivity index (χ3v) is 10.3. The number of nitriles is 1. The summed E-state index contributed by atoms with van der Waals surface area (Å²) in [5.74, 6) is -0.535. The summed E-state index contributed by atoms with van der Waals surface area (Å²) in [5.41, 5.74) is 4.36. The Morgan fingerprint density at radius 1 is 0.941 bits per heavy atom. The van der Waals surface area contributed by atoms with Crippen molar-refractivity contribution in [2.24, 2.45) is 0 Å². The van der Waals surface area contributed by atoms with E-state index in [1.54, 1.807) is 60.7 Å². The van der Waals surface area contributed by atoms with Crippen molar-refractivity contribution in [3.63, 3.8) is 0 Å². The van der Waals surface area contributed by atoms with Crippen molar-refractivity contribution in [3.8, 4) is 11.8 Å². The molecule has 4 aromatic carbocycles. The number of para-hydroxylation sites is 1. The summed E-state index contributed by atoms with van der Waals surface area (Å²) in [6, 6.07) is 35.6. The molecule has 0 saturated heterocycles. The van der Waals surface area contributed by atoms with Gasteiger partial charge in [0.1, 0.15) is 22.5 Å². The number of rotatable bonds is 12. The molecule has 0 atom stereocenters. The molecule has 1 aliphatic heterocycles. The van der Waals surface area contributed by atoms with Gasteiger partial charge in [-0.3, -0.25) is 19.3 Å². The number of thiophene rings is 1. The van der Waals surface area contributed by atoms with Crippen LogP contribution in [0.3, 0.4) is 0 Å². The number of carbonyl (C=O) groups excluding carboxylic acids is 3. The Balaban J connectivity index is 1.10. The van der Waals surface area contributed by atoms with E-state index in [1.165, 1.54) is 35.8 Å². The molecule has 0 bridgehead atoms. The summed E-state index contributed by atoms with van der Waals surface area (Å²) < 4.78 is 5.45. The lowest BCUT2D eigenvalue weighted by Crippen LogP contribution is -2.30. The van der Waals surface area contributed by atoms with Crippen molar-refractivity contribution in [2.75, 3.05) is 30.0 Å². The van der Waals surface area contributed by atoms with E-state index in [0.29, 0.717) is 33.1 Å². The van der Waals surface area contributed by atoms with Crippen LogP contribution in [0, 0.1) is 11.3 Å². The molecule has 1 aromatic heterocycles. The molecule has 2 heterocycles. The number of ether oxygens (including phenoxy) is 1. The Morgan fingerprint density at radius 3 is 2.45 bits per heavy atom. The standard InChI is InChI=1S/C40H35N5O4S2/c1-49-35-18-9-8-15-29(35)21-34(43-38(47)28-13-6-3-7-14-28)39(48)42-30-16-10-17-31(22-30)50-26-37(46)44-40-33(23-41)32-19-20-45(25-36(32)51-40)24-27-11-4-2-5-12-27/h2-18,21-22H,19-20,24-26H2,1H3,(H,42,48)(H,43,47)(H,44,46)/b34-21+. The zero-order chi connectivity index (χ0) is 35.6. The number of nitrogens with one attached hydrogen (secondary N) is 3. The first kappa shape index (κ1) is 35.2. The maximum absolute atomic E-state index is 13.6. The van der Waals surface area contributed by atoms with Crippen molar-refractivity contribution in [2.45, 2.75) is 24.4 Å². The van der Waals surface area contributed by atoms with E-state index in [-0.39, 0.29) is 17.4 Å². The minimum absolute atomic E-state index is 0.0286. The molecule has 51 heavy (non-hydrogen) atoms. The van der Waals surface area contributed by atoms with E-state index in [0.717, 1.165) is 41.4 Å². The number of nitrogens with zero attached hydrogens (tertiary/aromatic N) is 2. The van der Waals surface area contributed by atoms with Gasteiger partial charge in [0.25, 0.3) is 11.8 Å². The predicted molar refractivity (Wildman–Crippen MR) is 203 cm³/mol. The third-order valence-electron chi connectivity index (χ3n) is 8.18. The van der Waals surface area contributed by atoms with Crippen molar-refractivity contribution in [3.05, 3.63) is 148 Å². The van der Waals surface area contributed by atoms with Gasteiger partial charge in [-0.05, 0) is 60.0 Å². The largest absolute Gasteiger partial charge is 0.496 e. The second-order valence-corrected chi connectivity index (χ2v) is 13.9. The number of benzene rings is 4. The molecular formula is C40H35N5O4S2. The summed E-state index contributed by atoms with van der Waals surface area (Å²) in [5, 5.41) is 19.1. The Bertz CT molecular complexity index is 2110. The van der Waals surface area contributed by atoms with Crippen LogP contribution in [-0.4, -0.2) is 42.0 Å². The monoisotopic (exact) mass is 713 g/mol. The normalized spacial score (nSPS) is 12.7. The van der Waals surface area contributed by atoms with Crippen LogP contribution < -0.4 is 20.7 Å².